The molecule has 0 atom stereocenters. The van der Waals surface area contributed by atoms with Gasteiger partial charge in [0.15, 0.2) is 5.13 Å². The molecule has 1 aromatic heterocycles. The van der Waals surface area contributed by atoms with Crippen LogP contribution in [0.25, 0.3) is 10.2 Å². The summed E-state index contributed by atoms with van der Waals surface area (Å²) in [5, 5.41) is 1.36. The van der Waals surface area contributed by atoms with E-state index in [0.29, 0.717) is 18.1 Å². The van der Waals surface area contributed by atoms with E-state index < -0.39 is 0 Å². The van der Waals surface area contributed by atoms with E-state index in [0.717, 1.165) is 51.9 Å². The highest BCUT2D eigenvalue weighted by molar-refractivity contribution is 7.99. The summed E-state index contributed by atoms with van der Waals surface area (Å²) in [5.41, 5.74) is 0.723. The first kappa shape index (κ1) is 24.0. The monoisotopic (exact) mass is 479 g/mol. The first-order chi connectivity index (χ1) is 15.0. The second-order valence-corrected chi connectivity index (χ2v) is 9.70. The van der Waals surface area contributed by atoms with Crippen LogP contribution in [0.4, 0.5) is 9.52 Å². The molecular weight excluding hydrogens is 453 g/mol. The number of hydrogen-bond acceptors (Lipinski definition) is 5. The molecule has 0 unspecified atom stereocenters. The van der Waals surface area contributed by atoms with Crippen LogP contribution >= 0.6 is 34.7 Å². The van der Waals surface area contributed by atoms with Crippen LogP contribution in [-0.4, -0.2) is 47.7 Å². The molecule has 0 radical (unpaired) electrons. The first-order valence-electron chi connectivity index (χ1n) is 10.5. The van der Waals surface area contributed by atoms with E-state index in [1.165, 1.54) is 23.5 Å². The topological polar surface area (TPSA) is 36.4 Å². The molecular formula is C23H27ClFN3OS2. The maximum absolute atomic E-state index is 13.6. The molecule has 8 heteroatoms. The molecule has 2 aromatic carbocycles. The van der Waals surface area contributed by atoms with E-state index in [9.17, 15) is 9.18 Å². The normalized spacial score (nSPS) is 11.4. The Bertz CT molecular complexity index is 992. The fourth-order valence-corrected chi connectivity index (χ4v) is 5.20. The number of carbonyl (C=O) groups is 1. The van der Waals surface area contributed by atoms with Crippen molar-refractivity contribution < 1.29 is 9.18 Å². The van der Waals surface area contributed by atoms with Gasteiger partial charge in [0.1, 0.15) is 5.82 Å². The quantitative estimate of drug-likeness (QED) is 0.237. The van der Waals surface area contributed by atoms with Gasteiger partial charge in [0.25, 0.3) is 0 Å². The van der Waals surface area contributed by atoms with Crippen LogP contribution in [0, 0.1) is 5.82 Å². The second-order valence-electron chi connectivity index (χ2n) is 7.09. The van der Waals surface area contributed by atoms with Gasteiger partial charge in [-0.3, -0.25) is 9.69 Å². The Morgan fingerprint density at radius 1 is 1.13 bits per heavy atom. The van der Waals surface area contributed by atoms with Crippen molar-refractivity contribution in [3.8, 4) is 0 Å². The lowest BCUT2D eigenvalue weighted by molar-refractivity contribution is -0.118. The molecule has 31 heavy (non-hydrogen) atoms. The number of carbonyl (C=O) groups excluding carboxylic acids is 1. The minimum absolute atomic E-state index is 0.0587. The third kappa shape index (κ3) is 6.91. The Balaban J connectivity index is 1.65. The number of thiazole rings is 1. The number of benzene rings is 2. The van der Waals surface area contributed by atoms with Crippen LogP contribution < -0.4 is 4.90 Å². The van der Waals surface area contributed by atoms with Crippen LogP contribution in [-0.2, 0) is 4.79 Å². The molecule has 3 rings (SSSR count). The lowest BCUT2D eigenvalue weighted by Gasteiger charge is -2.24. The summed E-state index contributed by atoms with van der Waals surface area (Å²) in [4.78, 5) is 22.9. The van der Waals surface area contributed by atoms with Gasteiger partial charge >= 0.3 is 0 Å². The van der Waals surface area contributed by atoms with E-state index in [2.05, 4.69) is 23.7 Å². The van der Waals surface area contributed by atoms with Gasteiger partial charge in [-0.25, -0.2) is 9.37 Å². The first-order valence-corrected chi connectivity index (χ1v) is 12.6. The third-order valence-corrected chi connectivity index (χ3v) is 7.41. The predicted octanol–water partition coefficient (Wildman–Crippen LogP) is 6.34. The zero-order chi connectivity index (χ0) is 22.2. The number of halogens is 2. The number of likely N-dealkylation sites (N-methyl/N-ethyl adjacent to an activating group) is 1. The molecule has 0 aliphatic rings. The molecule has 0 bridgehead atoms. The number of fused-ring (bicyclic) bond motifs is 1. The van der Waals surface area contributed by atoms with Gasteiger partial charge in [-0.1, -0.05) is 36.8 Å². The molecule has 0 N–H and O–H groups in total. The fraction of sp³-hybridized carbons (Fsp3) is 0.391. The number of nitrogens with zero attached hydrogens (tertiary/aromatic N) is 3. The van der Waals surface area contributed by atoms with Crippen molar-refractivity contribution in [1.29, 1.82) is 0 Å². The average Bonchev–Trinajstić information content (AvgIpc) is 3.18. The van der Waals surface area contributed by atoms with Gasteiger partial charge in [0.05, 0.1) is 10.2 Å². The molecule has 0 fully saturated rings. The molecule has 1 heterocycles. The number of amides is 1. The minimum atomic E-state index is -0.289. The van der Waals surface area contributed by atoms with Crippen LogP contribution in [0.3, 0.4) is 0 Å². The highest BCUT2D eigenvalue weighted by Crippen LogP contribution is 2.30. The molecule has 0 saturated carbocycles. The number of thioether (sulfide) groups is 1. The maximum Gasteiger partial charge on any atom is 0.228 e. The van der Waals surface area contributed by atoms with Gasteiger partial charge in [-0.2, -0.15) is 0 Å². The molecule has 0 aliphatic carbocycles. The van der Waals surface area contributed by atoms with E-state index in [1.54, 1.807) is 22.7 Å². The summed E-state index contributed by atoms with van der Waals surface area (Å²) >= 11 is 9.02. The molecule has 1 amide bonds. The molecule has 3 aromatic rings. The lowest BCUT2D eigenvalue weighted by atomic mass is 10.3. The molecule has 4 nitrogen and oxygen atoms in total. The summed E-state index contributed by atoms with van der Waals surface area (Å²) in [7, 11) is 0. The van der Waals surface area contributed by atoms with Gasteiger partial charge < -0.3 is 4.90 Å². The molecule has 0 saturated heterocycles. The third-order valence-electron chi connectivity index (χ3n) is 5.02. The zero-order valence-corrected chi connectivity index (χ0v) is 20.2. The van der Waals surface area contributed by atoms with Gasteiger partial charge in [0.2, 0.25) is 5.91 Å². The number of rotatable bonds is 11. The van der Waals surface area contributed by atoms with Crippen LogP contribution in [0.1, 0.15) is 26.7 Å². The van der Waals surface area contributed by atoms with Crippen molar-refractivity contribution in [3.05, 3.63) is 53.3 Å². The molecule has 0 aliphatic heterocycles. The van der Waals surface area contributed by atoms with Crippen molar-refractivity contribution in [2.45, 2.75) is 31.6 Å². The maximum atomic E-state index is 13.6. The lowest BCUT2D eigenvalue weighted by Crippen LogP contribution is -2.38. The Labute approximate surface area is 196 Å². The Morgan fingerprint density at radius 3 is 2.58 bits per heavy atom. The summed E-state index contributed by atoms with van der Waals surface area (Å²) in [6.07, 6.45) is 1.22. The Morgan fingerprint density at radius 2 is 1.87 bits per heavy atom. The average molecular weight is 480 g/mol. The van der Waals surface area contributed by atoms with Crippen molar-refractivity contribution in [2.75, 3.05) is 36.8 Å². The zero-order valence-electron chi connectivity index (χ0n) is 17.8. The van der Waals surface area contributed by atoms with Crippen molar-refractivity contribution in [1.82, 2.24) is 9.88 Å². The highest BCUT2D eigenvalue weighted by Gasteiger charge is 2.20. The summed E-state index contributed by atoms with van der Waals surface area (Å²) in [5.74, 6) is 0.619. The Hall–Kier alpha value is -1.67. The smallest absolute Gasteiger partial charge is 0.228 e. The van der Waals surface area contributed by atoms with Crippen LogP contribution in [0.15, 0.2) is 47.4 Å². The predicted molar refractivity (Wildman–Crippen MR) is 131 cm³/mol. The van der Waals surface area contributed by atoms with Crippen LogP contribution in [0.2, 0.25) is 5.02 Å². The van der Waals surface area contributed by atoms with Crippen molar-refractivity contribution in [2.24, 2.45) is 0 Å². The number of hydrogen-bond donors (Lipinski definition) is 0. The minimum Gasteiger partial charge on any atom is -0.302 e. The van der Waals surface area contributed by atoms with E-state index in [4.69, 9.17) is 11.6 Å². The van der Waals surface area contributed by atoms with Gasteiger partial charge in [0, 0.05) is 29.4 Å². The van der Waals surface area contributed by atoms with E-state index >= 15 is 0 Å². The highest BCUT2D eigenvalue weighted by atomic mass is 35.5. The SMILES string of the molecule is CCN(CC)CCN(C(=O)CCCSc1ccc(Cl)cc1)c1nc2ccc(F)cc2s1. The van der Waals surface area contributed by atoms with Crippen molar-refractivity contribution in [3.63, 3.8) is 0 Å². The molecule has 166 valence electrons. The van der Waals surface area contributed by atoms with Crippen LogP contribution in [0.5, 0.6) is 0 Å². The summed E-state index contributed by atoms with van der Waals surface area (Å²) < 4.78 is 14.4. The molecule has 0 spiro atoms. The standard InChI is InChI=1S/C23H27ClFN3OS2/c1-3-27(4-2)13-14-28(23-26-20-12-9-18(25)16-21(20)31-23)22(29)6-5-15-30-19-10-7-17(24)8-11-19/h7-12,16H,3-6,13-15H2,1-2H3. The second kappa shape index (κ2) is 11.8. The largest absolute Gasteiger partial charge is 0.302 e. The van der Waals surface area contributed by atoms with Crippen molar-refractivity contribution >= 4 is 56.0 Å². The van der Waals surface area contributed by atoms with Gasteiger partial charge in [-0.15, -0.1) is 11.8 Å². The number of anilines is 1. The Kier molecular flexibility index (Phi) is 9.14. The number of aromatic nitrogens is 1. The van der Waals surface area contributed by atoms with E-state index in [-0.39, 0.29) is 11.7 Å². The summed E-state index contributed by atoms with van der Waals surface area (Å²) in [6, 6.07) is 12.3. The fourth-order valence-electron chi connectivity index (χ4n) is 3.19. The van der Waals surface area contributed by atoms with Gasteiger partial charge in [-0.05, 0) is 67.7 Å². The summed E-state index contributed by atoms with van der Waals surface area (Å²) in [6.45, 7) is 7.45. The van der Waals surface area contributed by atoms with E-state index in [1.807, 2.05) is 24.3 Å².